The lowest BCUT2D eigenvalue weighted by molar-refractivity contribution is -0.261. The molecular formula is C6H11O5+. The Balaban J connectivity index is 2.13. The molecule has 0 aromatic rings. The monoisotopic (exact) mass is 163 g/mol. The van der Waals surface area contributed by atoms with Gasteiger partial charge in [0.05, 0.1) is 0 Å². The van der Waals surface area contributed by atoms with Crippen LogP contribution in [0, 0.1) is 0 Å². The molecule has 0 spiro atoms. The summed E-state index contributed by atoms with van der Waals surface area (Å²) in [5.41, 5.74) is 0. The highest BCUT2D eigenvalue weighted by molar-refractivity contribution is 4.91. The van der Waals surface area contributed by atoms with Crippen LogP contribution in [-0.2, 0) is 9.41 Å². The SMILES string of the molecule is C[C@H]1[C@@H](O)[C@@H](O)[C@H](O)[C@@H]2O[O+]12. The summed E-state index contributed by atoms with van der Waals surface area (Å²) in [6.07, 6.45) is -3.91. The molecule has 0 aromatic heterocycles. The largest absolute Gasteiger partial charge is 0.399 e. The third-order valence-electron chi connectivity index (χ3n) is 2.22. The highest BCUT2D eigenvalue weighted by atomic mass is 17.5. The first kappa shape index (κ1) is 7.45. The number of hydrogen-bond donors (Lipinski definition) is 3. The van der Waals surface area contributed by atoms with E-state index in [1.807, 2.05) is 0 Å². The summed E-state index contributed by atoms with van der Waals surface area (Å²) in [5.74, 6) is 0. The van der Waals surface area contributed by atoms with Crippen LogP contribution in [0.1, 0.15) is 6.92 Å². The van der Waals surface area contributed by atoms with Gasteiger partial charge >= 0.3 is 6.29 Å². The van der Waals surface area contributed by atoms with Crippen molar-refractivity contribution in [3.8, 4) is 0 Å². The molecule has 2 aliphatic rings. The van der Waals surface area contributed by atoms with Gasteiger partial charge in [-0.3, -0.25) is 0 Å². The molecule has 0 amide bonds. The second-order valence-electron chi connectivity index (χ2n) is 2.97. The van der Waals surface area contributed by atoms with E-state index in [0.29, 0.717) is 0 Å². The van der Waals surface area contributed by atoms with Crippen molar-refractivity contribution < 1.29 is 24.7 Å². The van der Waals surface area contributed by atoms with Crippen LogP contribution in [0.4, 0.5) is 0 Å². The van der Waals surface area contributed by atoms with E-state index in [9.17, 15) is 15.3 Å². The van der Waals surface area contributed by atoms with E-state index in [0.717, 1.165) is 0 Å². The van der Waals surface area contributed by atoms with Gasteiger partial charge < -0.3 is 15.3 Å². The molecule has 0 saturated carbocycles. The van der Waals surface area contributed by atoms with Crippen LogP contribution in [0.3, 0.4) is 0 Å². The predicted molar refractivity (Wildman–Crippen MR) is 33.4 cm³/mol. The molecule has 0 radical (unpaired) electrons. The summed E-state index contributed by atoms with van der Waals surface area (Å²) < 4.78 is 2.26. The third kappa shape index (κ3) is 0.896. The Kier molecular flexibility index (Phi) is 1.45. The van der Waals surface area contributed by atoms with Gasteiger partial charge in [0, 0.05) is 6.92 Å². The smallest absolute Gasteiger partial charge is 0.387 e. The molecule has 3 N–H and O–H groups in total. The quantitative estimate of drug-likeness (QED) is 0.226. The minimum Gasteiger partial charge on any atom is -0.387 e. The van der Waals surface area contributed by atoms with Crippen LogP contribution in [0.2, 0.25) is 0 Å². The fourth-order valence-electron chi connectivity index (χ4n) is 1.36. The van der Waals surface area contributed by atoms with Crippen LogP contribution in [0.5, 0.6) is 0 Å². The summed E-state index contributed by atoms with van der Waals surface area (Å²) >= 11 is 0. The van der Waals surface area contributed by atoms with Crippen LogP contribution in [0.25, 0.3) is 0 Å². The number of rotatable bonds is 0. The number of fused-ring (bicyclic) bond motifs is 1. The molecular weight excluding hydrogens is 152 g/mol. The normalized spacial score (nSPS) is 57.3. The summed E-state index contributed by atoms with van der Waals surface area (Å²) in [6, 6.07) is 0. The fraction of sp³-hybridized carbons (Fsp3) is 1.00. The molecule has 5 nitrogen and oxygen atoms in total. The van der Waals surface area contributed by atoms with Gasteiger partial charge in [-0.05, 0) is 4.89 Å². The lowest BCUT2D eigenvalue weighted by Crippen LogP contribution is -2.51. The first-order valence-corrected chi connectivity index (χ1v) is 3.56. The zero-order chi connectivity index (χ0) is 8.17. The van der Waals surface area contributed by atoms with Gasteiger partial charge in [0.1, 0.15) is 6.10 Å². The van der Waals surface area contributed by atoms with E-state index in [1.165, 1.54) is 0 Å². The molecule has 5 atom stereocenters. The molecule has 2 rings (SSSR count). The molecule has 64 valence electrons. The molecule has 5 heteroatoms. The third-order valence-corrected chi connectivity index (χ3v) is 2.22. The summed E-state index contributed by atoms with van der Waals surface area (Å²) in [5, 5.41) is 27.6. The average Bonchev–Trinajstić information content (AvgIpc) is 2.76. The predicted octanol–water partition coefficient (Wildman–Crippen LogP) is -1.71. The number of aliphatic hydroxyl groups excluding tert-OH is 3. The molecule has 11 heavy (non-hydrogen) atoms. The van der Waals surface area contributed by atoms with Crippen molar-refractivity contribution in [1.82, 2.24) is 0 Å². The van der Waals surface area contributed by atoms with Crippen LogP contribution < -0.4 is 0 Å². The maximum atomic E-state index is 9.26. The van der Waals surface area contributed by atoms with Crippen molar-refractivity contribution in [2.24, 2.45) is 0 Å². The molecule has 0 bridgehead atoms. The topological polar surface area (TPSA) is 75.9 Å². The molecule has 0 unspecified atom stereocenters. The van der Waals surface area contributed by atoms with E-state index >= 15 is 0 Å². The maximum Gasteiger partial charge on any atom is 0.399 e. The fourth-order valence-corrected chi connectivity index (χ4v) is 1.36. The summed E-state index contributed by atoms with van der Waals surface area (Å²) in [7, 11) is 0. The Hall–Kier alpha value is -0.200. The zero-order valence-corrected chi connectivity index (χ0v) is 6.04. The lowest BCUT2D eigenvalue weighted by atomic mass is 10.0. The molecule has 2 fully saturated rings. The summed E-state index contributed by atoms with van der Waals surface area (Å²) in [6.45, 7) is 1.70. The van der Waals surface area contributed by atoms with Gasteiger partial charge in [-0.2, -0.15) is 4.52 Å². The first-order valence-electron chi connectivity index (χ1n) is 3.56. The number of hydrogen-bond acceptors (Lipinski definition) is 4. The Morgan fingerprint density at radius 1 is 1.09 bits per heavy atom. The first-order chi connectivity index (χ1) is 5.13. The van der Waals surface area contributed by atoms with E-state index in [1.54, 1.807) is 6.92 Å². The van der Waals surface area contributed by atoms with Gasteiger partial charge in [-0.15, -0.1) is 0 Å². The molecule has 2 heterocycles. The second kappa shape index (κ2) is 2.15. The van der Waals surface area contributed by atoms with Crippen LogP contribution >= 0.6 is 0 Å². The Morgan fingerprint density at radius 3 is 2.36 bits per heavy atom. The summed E-state index contributed by atoms with van der Waals surface area (Å²) in [4.78, 5) is 4.82. The zero-order valence-electron chi connectivity index (χ0n) is 6.04. The van der Waals surface area contributed by atoms with Gasteiger partial charge in [-0.1, -0.05) is 0 Å². The second-order valence-corrected chi connectivity index (χ2v) is 2.97. The van der Waals surface area contributed by atoms with Gasteiger partial charge in [0.2, 0.25) is 6.10 Å². The van der Waals surface area contributed by atoms with Crippen LogP contribution in [0.15, 0.2) is 0 Å². The van der Waals surface area contributed by atoms with Crippen molar-refractivity contribution in [1.29, 1.82) is 0 Å². The Labute approximate surface area is 63.4 Å². The van der Waals surface area contributed by atoms with E-state index in [2.05, 4.69) is 4.52 Å². The Bertz CT molecular complexity index is 154. The van der Waals surface area contributed by atoms with Crippen molar-refractivity contribution in [3.05, 3.63) is 0 Å². The number of aliphatic hydroxyl groups is 3. The van der Waals surface area contributed by atoms with Crippen LogP contribution in [-0.4, -0.2) is 46.0 Å². The van der Waals surface area contributed by atoms with Crippen molar-refractivity contribution >= 4 is 0 Å². The maximum absolute atomic E-state index is 9.26. The standard InChI is InChI=1S/C6H11O5/c1-2-3(7)4(8)5(9)6-10-11(2)6/h2-9H,1H3/q+1/t2-,3+,4+,5-,6+/m0/s1. The highest BCUT2D eigenvalue weighted by Gasteiger charge is 2.67. The molecule has 0 aromatic carbocycles. The molecule has 2 saturated heterocycles. The van der Waals surface area contributed by atoms with Crippen molar-refractivity contribution in [3.63, 3.8) is 0 Å². The van der Waals surface area contributed by atoms with E-state index in [-0.39, 0.29) is 6.10 Å². The van der Waals surface area contributed by atoms with Crippen molar-refractivity contribution in [2.45, 2.75) is 37.6 Å². The average molecular weight is 163 g/mol. The minimum atomic E-state index is -1.11. The lowest BCUT2D eigenvalue weighted by Gasteiger charge is -2.24. The van der Waals surface area contributed by atoms with Crippen molar-refractivity contribution in [2.75, 3.05) is 0 Å². The Morgan fingerprint density at radius 2 is 1.73 bits per heavy atom. The highest BCUT2D eigenvalue weighted by Crippen LogP contribution is 2.40. The van der Waals surface area contributed by atoms with Gasteiger partial charge in [0.25, 0.3) is 0 Å². The van der Waals surface area contributed by atoms with E-state index < -0.39 is 24.6 Å². The van der Waals surface area contributed by atoms with Gasteiger partial charge in [-0.25, -0.2) is 0 Å². The molecule has 2 aliphatic heterocycles. The van der Waals surface area contributed by atoms with E-state index in [4.69, 9.17) is 4.89 Å². The molecule has 0 aliphatic carbocycles. The van der Waals surface area contributed by atoms with Gasteiger partial charge in [0.15, 0.2) is 12.2 Å². The minimum absolute atomic E-state index is 0.321.